The fourth-order valence-electron chi connectivity index (χ4n) is 3.44. The molecule has 0 saturated carbocycles. The number of rotatable bonds is 6. The van der Waals surface area contributed by atoms with Crippen molar-refractivity contribution in [2.24, 2.45) is 4.99 Å². The highest BCUT2D eigenvalue weighted by Crippen LogP contribution is 2.27. The minimum atomic E-state index is -0.538. The van der Waals surface area contributed by atoms with E-state index < -0.39 is 11.6 Å². The summed E-state index contributed by atoms with van der Waals surface area (Å²) in [6.07, 6.45) is 2.37. The molecule has 1 atom stereocenters. The van der Waals surface area contributed by atoms with Crippen molar-refractivity contribution in [3.8, 4) is 10.8 Å². The molecule has 10 heteroatoms. The van der Waals surface area contributed by atoms with Crippen LogP contribution >= 0.6 is 35.3 Å². The maximum absolute atomic E-state index is 14.1. The molecule has 1 aliphatic rings. The molecule has 4 rings (SSSR count). The zero-order valence-corrected chi connectivity index (χ0v) is 20.1. The molecule has 3 heterocycles. The Morgan fingerprint density at radius 2 is 2.10 bits per heavy atom. The summed E-state index contributed by atoms with van der Waals surface area (Å²) in [4.78, 5) is 11.8. The quantitative estimate of drug-likeness (QED) is 0.262. The third-order valence-corrected chi connectivity index (χ3v) is 5.67. The number of anilines is 1. The zero-order valence-electron chi connectivity index (χ0n) is 17.0. The second-order valence-corrected chi connectivity index (χ2v) is 7.91. The molecule has 31 heavy (non-hydrogen) atoms. The molecule has 3 aromatic rings. The lowest BCUT2D eigenvalue weighted by molar-refractivity contribution is 0.574. The van der Waals surface area contributed by atoms with Crippen molar-refractivity contribution < 1.29 is 13.2 Å². The van der Waals surface area contributed by atoms with Crippen LogP contribution in [0, 0.1) is 11.6 Å². The Hall–Kier alpha value is -2.21. The number of oxazole rings is 1. The predicted molar refractivity (Wildman–Crippen MR) is 130 cm³/mol. The average Bonchev–Trinajstić information content (AvgIpc) is 3.48. The highest BCUT2D eigenvalue weighted by atomic mass is 127. The zero-order chi connectivity index (χ0) is 20.9. The van der Waals surface area contributed by atoms with E-state index in [4.69, 9.17) is 4.42 Å². The molecule has 0 radical (unpaired) electrons. The van der Waals surface area contributed by atoms with Gasteiger partial charge in [0.15, 0.2) is 5.96 Å². The lowest BCUT2D eigenvalue weighted by Gasteiger charge is -2.21. The SMILES string of the molecule is CCNC(=NCc1coc(-c2cccs2)n1)NC1CCN(c2c(F)cccc2F)C1.I. The van der Waals surface area contributed by atoms with Gasteiger partial charge in [-0.05, 0) is 36.9 Å². The maximum Gasteiger partial charge on any atom is 0.236 e. The first-order valence-corrected chi connectivity index (χ1v) is 10.7. The van der Waals surface area contributed by atoms with E-state index in [1.807, 2.05) is 24.4 Å². The topological polar surface area (TPSA) is 65.7 Å². The number of hydrogen-bond donors (Lipinski definition) is 2. The summed E-state index contributed by atoms with van der Waals surface area (Å²) in [5.74, 6) is 0.151. The van der Waals surface area contributed by atoms with E-state index in [2.05, 4.69) is 20.6 Å². The number of benzene rings is 1. The van der Waals surface area contributed by atoms with Gasteiger partial charge in [0.05, 0.1) is 11.4 Å². The van der Waals surface area contributed by atoms with Crippen molar-refractivity contribution >= 4 is 47.0 Å². The monoisotopic (exact) mass is 559 g/mol. The largest absolute Gasteiger partial charge is 0.443 e. The molecule has 1 aliphatic heterocycles. The smallest absolute Gasteiger partial charge is 0.236 e. The molecule has 2 aromatic heterocycles. The number of nitrogens with one attached hydrogen (secondary N) is 2. The van der Waals surface area contributed by atoms with Crippen LogP contribution in [0.3, 0.4) is 0 Å². The van der Waals surface area contributed by atoms with Crippen LogP contribution in [0.1, 0.15) is 19.0 Å². The van der Waals surface area contributed by atoms with E-state index in [0.29, 0.717) is 38.0 Å². The van der Waals surface area contributed by atoms with Gasteiger partial charge in [0.2, 0.25) is 5.89 Å². The summed E-state index contributed by atoms with van der Waals surface area (Å²) in [7, 11) is 0. The Balaban J connectivity index is 0.00000272. The summed E-state index contributed by atoms with van der Waals surface area (Å²) in [6, 6.07) is 7.89. The predicted octanol–water partition coefficient (Wildman–Crippen LogP) is 4.63. The summed E-state index contributed by atoms with van der Waals surface area (Å²) in [6.45, 7) is 4.11. The van der Waals surface area contributed by atoms with Crippen LogP contribution in [-0.2, 0) is 6.54 Å². The Bertz CT molecular complexity index is 991. The molecular formula is C21H24F2IN5OS. The Kier molecular flexibility index (Phi) is 8.24. The van der Waals surface area contributed by atoms with Crippen molar-refractivity contribution in [1.82, 2.24) is 15.6 Å². The highest BCUT2D eigenvalue weighted by molar-refractivity contribution is 14.0. The van der Waals surface area contributed by atoms with E-state index in [-0.39, 0.29) is 35.7 Å². The van der Waals surface area contributed by atoms with Gasteiger partial charge in [-0.2, -0.15) is 0 Å². The summed E-state index contributed by atoms with van der Waals surface area (Å²) < 4.78 is 33.7. The number of nitrogens with zero attached hydrogens (tertiary/aromatic N) is 3. The Morgan fingerprint density at radius 1 is 1.29 bits per heavy atom. The lowest BCUT2D eigenvalue weighted by atomic mass is 10.2. The highest BCUT2D eigenvalue weighted by Gasteiger charge is 2.27. The van der Waals surface area contributed by atoms with Gasteiger partial charge in [-0.15, -0.1) is 35.3 Å². The molecular weight excluding hydrogens is 535 g/mol. The van der Waals surface area contributed by atoms with Gasteiger partial charge in [-0.1, -0.05) is 12.1 Å². The van der Waals surface area contributed by atoms with Crippen LogP contribution in [0.4, 0.5) is 14.5 Å². The standard InChI is InChI=1S/C21H23F2N5OS.HI/c1-2-24-21(25-11-15-13-29-20(26-15)18-7-4-10-30-18)27-14-8-9-28(12-14)19-16(22)5-3-6-17(19)23;/h3-7,10,13-14H,2,8-9,11-12H2,1H3,(H2,24,25,27);1H. The van der Waals surface area contributed by atoms with Gasteiger partial charge in [-0.25, -0.2) is 18.8 Å². The lowest BCUT2D eigenvalue weighted by Crippen LogP contribution is -2.44. The minimum Gasteiger partial charge on any atom is -0.443 e. The maximum atomic E-state index is 14.1. The van der Waals surface area contributed by atoms with Gasteiger partial charge in [0.1, 0.15) is 29.3 Å². The van der Waals surface area contributed by atoms with Crippen molar-refractivity contribution in [2.75, 3.05) is 24.5 Å². The summed E-state index contributed by atoms with van der Waals surface area (Å²) in [5, 5.41) is 8.54. The minimum absolute atomic E-state index is 0. The second-order valence-electron chi connectivity index (χ2n) is 6.96. The fourth-order valence-corrected chi connectivity index (χ4v) is 4.09. The van der Waals surface area contributed by atoms with Gasteiger partial charge in [0.25, 0.3) is 0 Å². The third kappa shape index (κ3) is 5.73. The van der Waals surface area contributed by atoms with E-state index in [1.165, 1.54) is 18.2 Å². The number of para-hydroxylation sites is 1. The first-order valence-electron chi connectivity index (χ1n) is 9.86. The first kappa shape index (κ1) is 23.5. The average molecular weight is 559 g/mol. The van der Waals surface area contributed by atoms with E-state index in [1.54, 1.807) is 22.5 Å². The van der Waals surface area contributed by atoms with Gasteiger partial charge in [0, 0.05) is 25.7 Å². The molecule has 1 saturated heterocycles. The second kappa shape index (κ2) is 10.9. The molecule has 0 aliphatic carbocycles. The first-order chi connectivity index (χ1) is 14.6. The van der Waals surface area contributed by atoms with Crippen LogP contribution in [0.25, 0.3) is 10.8 Å². The van der Waals surface area contributed by atoms with E-state index in [9.17, 15) is 8.78 Å². The van der Waals surface area contributed by atoms with Crippen LogP contribution in [0.15, 0.2) is 51.4 Å². The van der Waals surface area contributed by atoms with Crippen LogP contribution in [0.2, 0.25) is 0 Å². The van der Waals surface area contributed by atoms with Crippen molar-refractivity contribution in [2.45, 2.75) is 25.9 Å². The molecule has 6 nitrogen and oxygen atoms in total. The van der Waals surface area contributed by atoms with Crippen molar-refractivity contribution in [1.29, 1.82) is 0 Å². The van der Waals surface area contributed by atoms with Crippen LogP contribution in [0.5, 0.6) is 0 Å². The molecule has 1 unspecified atom stereocenters. The number of aliphatic imine (C=N–C) groups is 1. The van der Waals surface area contributed by atoms with Crippen molar-refractivity contribution in [3.05, 3.63) is 59.3 Å². The van der Waals surface area contributed by atoms with Gasteiger partial charge >= 0.3 is 0 Å². The van der Waals surface area contributed by atoms with E-state index >= 15 is 0 Å². The number of aromatic nitrogens is 1. The molecule has 1 aromatic carbocycles. The molecule has 0 amide bonds. The summed E-state index contributed by atoms with van der Waals surface area (Å²) >= 11 is 1.57. The van der Waals surface area contributed by atoms with Gasteiger partial charge < -0.3 is 20.0 Å². The normalized spacial score (nSPS) is 16.3. The fraction of sp³-hybridized carbons (Fsp3) is 0.333. The number of hydrogen-bond acceptors (Lipinski definition) is 5. The molecule has 0 spiro atoms. The Morgan fingerprint density at radius 3 is 2.81 bits per heavy atom. The van der Waals surface area contributed by atoms with Crippen LogP contribution < -0.4 is 15.5 Å². The van der Waals surface area contributed by atoms with Crippen molar-refractivity contribution in [3.63, 3.8) is 0 Å². The number of halogens is 3. The summed E-state index contributed by atoms with van der Waals surface area (Å²) in [5.41, 5.74) is 0.768. The third-order valence-electron chi connectivity index (χ3n) is 4.81. The van der Waals surface area contributed by atoms with E-state index in [0.717, 1.165) is 17.0 Å². The van der Waals surface area contributed by atoms with Gasteiger partial charge in [-0.3, -0.25) is 0 Å². The molecule has 166 valence electrons. The molecule has 0 bridgehead atoms. The number of thiophene rings is 1. The molecule has 1 fully saturated rings. The number of guanidine groups is 1. The Labute approximate surface area is 200 Å². The van der Waals surface area contributed by atoms with Crippen LogP contribution in [-0.4, -0.2) is 36.6 Å². The molecule has 2 N–H and O–H groups in total.